The van der Waals surface area contributed by atoms with Gasteiger partial charge < -0.3 is 5.73 Å². The third-order valence-corrected chi connectivity index (χ3v) is 4.50. The molecule has 0 saturated heterocycles. The van der Waals surface area contributed by atoms with Gasteiger partial charge in [0.25, 0.3) is 0 Å². The van der Waals surface area contributed by atoms with E-state index in [-0.39, 0.29) is 10.8 Å². The van der Waals surface area contributed by atoms with E-state index in [1.807, 2.05) is 13.8 Å². The van der Waals surface area contributed by atoms with Gasteiger partial charge in [0.1, 0.15) is 0 Å². The normalized spacial score (nSPS) is 12.2. The van der Waals surface area contributed by atoms with E-state index in [9.17, 15) is 8.42 Å². The molecule has 0 radical (unpaired) electrons. The number of anilines is 1. The first-order valence-corrected chi connectivity index (χ1v) is 8.60. The molecule has 3 rings (SSSR count). The smallest absolute Gasteiger partial charge is 0.238 e. The van der Waals surface area contributed by atoms with E-state index in [4.69, 9.17) is 10.9 Å². The van der Waals surface area contributed by atoms with Crippen LogP contribution in [-0.2, 0) is 10.0 Å². The fraction of sp³-hybridized carbons (Fsp3) is 0.200. The lowest BCUT2D eigenvalue weighted by Crippen LogP contribution is -2.12. The Balaban J connectivity index is 2.20. The van der Waals surface area contributed by atoms with Crippen LogP contribution in [0.3, 0.4) is 0 Å². The number of benzene rings is 1. The van der Waals surface area contributed by atoms with Gasteiger partial charge >= 0.3 is 0 Å². The summed E-state index contributed by atoms with van der Waals surface area (Å²) in [5.74, 6) is 0.619. The van der Waals surface area contributed by atoms with Crippen LogP contribution < -0.4 is 10.9 Å². The molecule has 120 valence electrons. The number of fused-ring (bicyclic) bond motifs is 1. The van der Waals surface area contributed by atoms with Crippen LogP contribution in [0, 0.1) is 0 Å². The van der Waals surface area contributed by atoms with Crippen LogP contribution in [-0.4, -0.2) is 23.0 Å². The maximum absolute atomic E-state index is 11.5. The van der Waals surface area contributed by atoms with Crippen molar-refractivity contribution in [3.8, 4) is 11.3 Å². The van der Waals surface area contributed by atoms with Gasteiger partial charge in [-0.15, -0.1) is 5.10 Å². The standard InChI is InChI=1S/C15H17N5O2S/c1-9(2)13-14(16)19-20-7-6-12(18-15(13)20)10-4-3-5-11(8-10)23(17,21)22/h3-9H,1-2H3,(H2,16,19)(H2,17,21,22). The minimum Gasteiger partial charge on any atom is -0.382 e. The molecule has 0 aliphatic heterocycles. The molecule has 23 heavy (non-hydrogen) atoms. The van der Waals surface area contributed by atoms with Crippen LogP contribution in [0.1, 0.15) is 25.3 Å². The lowest BCUT2D eigenvalue weighted by molar-refractivity contribution is 0.598. The molecule has 7 nitrogen and oxygen atoms in total. The molecule has 2 heterocycles. The monoisotopic (exact) mass is 331 g/mol. The van der Waals surface area contributed by atoms with Crippen molar-refractivity contribution >= 4 is 21.5 Å². The number of sulfonamides is 1. The maximum Gasteiger partial charge on any atom is 0.238 e. The third kappa shape index (κ3) is 2.78. The van der Waals surface area contributed by atoms with Crippen LogP contribution in [0.25, 0.3) is 16.9 Å². The summed E-state index contributed by atoms with van der Waals surface area (Å²) in [6, 6.07) is 8.12. The van der Waals surface area contributed by atoms with E-state index in [0.717, 1.165) is 5.56 Å². The summed E-state index contributed by atoms with van der Waals surface area (Å²) in [5.41, 5.74) is 8.78. The molecule has 0 aliphatic rings. The Morgan fingerprint density at radius 2 is 1.96 bits per heavy atom. The minimum atomic E-state index is -3.76. The number of primary sulfonamides is 1. The van der Waals surface area contributed by atoms with Gasteiger partial charge in [0.2, 0.25) is 10.0 Å². The quantitative estimate of drug-likeness (QED) is 0.758. The first kappa shape index (κ1) is 15.4. The predicted octanol–water partition coefficient (Wildman–Crippen LogP) is 1.75. The molecule has 1 aromatic carbocycles. The maximum atomic E-state index is 11.5. The Labute approximate surface area is 134 Å². The summed E-state index contributed by atoms with van der Waals surface area (Å²) in [4.78, 5) is 4.65. The molecule has 2 aromatic heterocycles. The number of hydrogen-bond acceptors (Lipinski definition) is 5. The molecule has 0 atom stereocenters. The van der Waals surface area contributed by atoms with E-state index in [1.165, 1.54) is 12.1 Å². The second-order valence-corrected chi connectivity index (χ2v) is 7.17. The van der Waals surface area contributed by atoms with Gasteiger partial charge in [-0.25, -0.2) is 23.1 Å². The predicted molar refractivity (Wildman–Crippen MR) is 88.3 cm³/mol. The van der Waals surface area contributed by atoms with Gasteiger partial charge in [0.15, 0.2) is 11.5 Å². The topological polar surface area (TPSA) is 116 Å². The van der Waals surface area contributed by atoms with Crippen molar-refractivity contribution in [1.82, 2.24) is 14.6 Å². The molecular formula is C15H17N5O2S. The fourth-order valence-electron chi connectivity index (χ4n) is 2.51. The Morgan fingerprint density at radius 3 is 2.61 bits per heavy atom. The lowest BCUT2D eigenvalue weighted by Gasteiger charge is -2.06. The molecule has 4 N–H and O–H groups in total. The summed E-state index contributed by atoms with van der Waals surface area (Å²) >= 11 is 0. The van der Waals surface area contributed by atoms with E-state index in [1.54, 1.807) is 28.9 Å². The highest BCUT2D eigenvalue weighted by molar-refractivity contribution is 7.89. The van der Waals surface area contributed by atoms with Crippen LogP contribution in [0.2, 0.25) is 0 Å². The van der Waals surface area contributed by atoms with Crippen molar-refractivity contribution in [3.63, 3.8) is 0 Å². The fourth-order valence-corrected chi connectivity index (χ4v) is 3.07. The van der Waals surface area contributed by atoms with Gasteiger partial charge in [-0.2, -0.15) is 0 Å². The van der Waals surface area contributed by atoms with Crippen LogP contribution in [0.4, 0.5) is 5.82 Å². The van der Waals surface area contributed by atoms with E-state index in [2.05, 4.69) is 10.1 Å². The highest BCUT2D eigenvalue weighted by Crippen LogP contribution is 2.27. The largest absolute Gasteiger partial charge is 0.382 e. The molecule has 0 bridgehead atoms. The van der Waals surface area contributed by atoms with E-state index in [0.29, 0.717) is 22.7 Å². The molecule has 0 fully saturated rings. The molecule has 0 amide bonds. The first-order valence-electron chi connectivity index (χ1n) is 7.05. The van der Waals surface area contributed by atoms with Gasteiger partial charge in [-0.05, 0) is 24.1 Å². The van der Waals surface area contributed by atoms with E-state index < -0.39 is 10.0 Å². The Kier molecular flexibility index (Phi) is 3.57. The average molecular weight is 331 g/mol. The summed E-state index contributed by atoms with van der Waals surface area (Å²) in [6.07, 6.45) is 1.75. The molecule has 0 spiro atoms. The molecule has 3 aromatic rings. The zero-order chi connectivity index (χ0) is 16.8. The molecular weight excluding hydrogens is 314 g/mol. The zero-order valence-corrected chi connectivity index (χ0v) is 13.6. The zero-order valence-electron chi connectivity index (χ0n) is 12.8. The summed E-state index contributed by atoms with van der Waals surface area (Å²) in [5, 5.41) is 9.42. The van der Waals surface area contributed by atoms with Crippen molar-refractivity contribution in [2.24, 2.45) is 5.14 Å². The number of hydrogen-bond donors (Lipinski definition) is 2. The Morgan fingerprint density at radius 1 is 1.22 bits per heavy atom. The lowest BCUT2D eigenvalue weighted by atomic mass is 10.1. The van der Waals surface area contributed by atoms with E-state index >= 15 is 0 Å². The van der Waals surface area contributed by atoms with Crippen molar-refractivity contribution in [2.75, 3.05) is 5.73 Å². The van der Waals surface area contributed by atoms with Gasteiger partial charge in [0, 0.05) is 17.3 Å². The number of aromatic nitrogens is 3. The number of nitrogen functional groups attached to an aromatic ring is 1. The average Bonchev–Trinajstić information content (AvgIpc) is 2.81. The van der Waals surface area contributed by atoms with Gasteiger partial charge in [-0.1, -0.05) is 26.0 Å². The number of nitrogens with two attached hydrogens (primary N) is 2. The number of rotatable bonds is 3. The first-order chi connectivity index (χ1) is 10.8. The second kappa shape index (κ2) is 5.32. The summed E-state index contributed by atoms with van der Waals surface area (Å²) in [7, 11) is -3.76. The second-order valence-electron chi connectivity index (χ2n) is 5.61. The van der Waals surface area contributed by atoms with Gasteiger partial charge in [-0.3, -0.25) is 0 Å². The van der Waals surface area contributed by atoms with Gasteiger partial charge in [0.05, 0.1) is 10.6 Å². The van der Waals surface area contributed by atoms with Crippen molar-refractivity contribution in [3.05, 3.63) is 42.1 Å². The molecule has 0 saturated carbocycles. The summed E-state index contributed by atoms with van der Waals surface area (Å²) in [6.45, 7) is 4.03. The van der Waals surface area contributed by atoms with Crippen LogP contribution in [0.5, 0.6) is 0 Å². The third-order valence-electron chi connectivity index (χ3n) is 3.58. The SMILES string of the molecule is CC(C)c1c(N)nn2ccc(-c3cccc(S(N)(=O)=O)c3)nc12. The molecule has 0 unspecified atom stereocenters. The van der Waals surface area contributed by atoms with Crippen LogP contribution >= 0.6 is 0 Å². The molecule has 0 aliphatic carbocycles. The molecule has 8 heteroatoms. The van der Waals surface area contributed by atoms with Crippen molar-refractivity contribution < 1.29 is 8.42 Å². The summed E-state index contributed by atoms with van der Waals surface area (Å²) < 4.78 is 24.6. The minimum absolute atomic E-state index is 0.0498. The highest BCUT2D eigenvalue weighted by Gasteiger charge is 2.16. The highest BCUT2D eigenvalue weighted by atomic mass is 32.2. The van der Waals surface area contributed by atoms with Crippen molar-refractivity contribution in [1.29, 1.82) is 0 Å². The Bertz CT molecular complexity index is 992. The number of nitrogens with zero attached hydrogens (tertiary/aromatic N) is 3. The van der Waals surface area contributed by atoms with Crippen LogP contribution in [0.15, 0.2) is 41.4 Å². The Hall–Kier alpha value is -2.45. The van der Waals surface area contributed by atoms with Crippen molar-refractivity contribution in [2.45, 2.75) is 24.7 Å².